The molecule has 1 aromatic rings. The number of hydrogen-bond donors (Lipinski definition) is 0. The highest BCUT2D eigenvalue weighted by atomic mass is 32.2. The number of nitriles is 1. The molecule has 0 aromatic carbocycles. The van der Waals surface area contributed by atoms with Crippen LogP contribution in [0.3, 0.4) is 0 Å². The Labute approximate surface area is 110 Å². The fourth-order valence-electron chi connectivity index (χ4n) is 2.89. The minimum atomic E-state index is -3.01. The van der Waals surface area contributed by atoms with Crippen molar-refractivity contribution in [3.63, 3.8) is 0 Å². The smallest absolute Gasteiger partial charge is 0.173 e. The Bertz CT molecular complexity index is 697. The zero-order chi connectivity index (χ0) is 13.6. The van der Waals surface area contributed by atoms with E-state index in [4.69, 9.17) is 5.26 Å². The number of rotatable bonds is 1. The Balaban J connectivity index is 2.09. The van der Waals surface area contributed by atoms with Gasteiger partial charge >= 0.3 is 0 Å². The quantitative estimate of drug-likeness (QED) is 0.751. The minimum Gasteiger partial charge on any atom is -0.294 e. The third-order valence-corrected chi connectivity index (χ3v) is 5.52. The molecule has 6 nitrogen and oxygen atoms in total. The Morgan fingerprint density at radius 1 is 1.37 bits per heavy atom. The van der Waals surface area contributed by atoms with Crippen molar-refractivity contribution in [1.29, 1.82) is 5.26 Å². The van der Waals surface area contributed by atoms with Crippen LogP contribution in [0.25, 0.3) is 0 Å². The molecule has 1 aliphatic carbocycles. The molecule has 1 saturated heterocycles. The van der Waals surface area contributed by atoms with Crippen molar-refractivity contribution in [3.05, 3.63) is 17.0 Å². The van der Waals surface area contributed by atoms with Gasteiger partial charge in [0.05, 0.1) is 28.8 Å². The van der Waals surface area contributed by atoms with Crippen molar-refractivity contribution in [2.24, 2.45) is 0 Å². The first-order valence-corrected chi connectivity index (χ1v) is 8.09. The van der Waals surface area contributed by atoms with E-state index in [-0.39, 0.29) is 29.0 Å². The van der Waals surface area contributed by atoms with Crippen molar-refractivity contribution in [1.82, 2.24) is 9.78 Å². The van der Waals surface area contributed by atoms with Gasteiger partial charge in [-0.15, -0.1) is 0 Å². The number of carbonyl (C=O) groups is 1. The summed E-state index contributed by atoms with van der Waals surface area (Å²) < 4.78 is 24.7. The van der Waals surface area contributed by atoms with Gasteiger partial charge in [0.2, 0.25) is 0 Å². The average Bonchev–Trinajstić information content (AvgIpc) is 2.90. The molecule has 0 saturated carbocycles. The molecule has 2 heterocycles. The van der Waals surface area contributed by atoms with E-state index in [0.717, 1.165) is 12.1 Å². The summed E-state index contributed by atoms with van der Waals surface area (Å²) in [5.74, 6) is 0.160. The van der Waals surface area contributed by atoms with Gasteiger partial charge in [-0.1, -0.05) is 0 Å². The lowest BCUT2D eigenvalue weighted by Gasteiger charge is -2.16. The second-order valence-corrected chi connectivity index (χ2v) is 7.29. The molecule has 0 amide bonds. The first-order valence-electron chi connectivity index (χ1n) is 6.27. The number of aromatic nitrogens is 2. The van der Waals surface area contributed by atoms with E-state index < -0.39 is 9.84 Å². The minimum absolute atomic E-state index is 0.0510. The van der Waals surface area contributed by atoms with Crippen LogP contribution >= 0.6 is 0 Å². The number of sulfone groups is 1. The van der Waals surface area contributed by atoms with Gasteiger partial charge in [-0.05, 0) is 19.3 Å². The number of nitrogens with zero attached hydrogens (tertiary/aromatic N) is 3. The summed E-state index contributed by atoms with van der Waals surface area (Å²) in [4.78, 5) is 11.9. The van der Waals surface area contributed by atoms with E-state index in [0.29, 0.717) is 24.8 Å². The van der Waals surface area contributed by atoms with Crippen LogP contribution in [-0.4, -0.2) is 35.5 Å². The molecule has 1 aliphatic heterocycles. The van der Waals surface area contributed by atoms with Crippen LogP contribution in [0, 0.1) is 11.3 Å². The van der Waals surface area contributed by atoms with Gasteiger partial charge < -0.3 is 0 Å². The maximum absolute atomic E-state index is 11.9. The van der Waals surface area contributed by atoms with Crippen molar-refractivity contribution in [2.45, 2.75) is 31.7 Å². The highest BCUT2D eigenvalue weighted by molar-refractivity contribution is 7.91. The molecule has 1 aromatic heterocycles. The number of ketones is 1. The molecule has 100 valence electrons. The van der Waals surface area contributed by atoms with E-state index in [1.54, 1.807) is 4.68 Å². The second kappa shape index (κ2) is 4.17. The van der Waals surface area contributed by atoms with Gasteiger partial charge in [0, 0.05) is 6.42 Å². The maximum Gasteiger partial charge on any atom is 0.173 e. The average molecular weight is 279 g/mol. The predicted molar refractivity (Wildman–Crippen MR) is 66.5 cm³/mol. The molecule has 3 rings (SSSR count). The van der Waals surface area contributed by atoms with Crippen LogP contribution in [0.5, 0.6) is 0 Å². The molecule has 1 atom stereocenters. The van der Waals surface area contributed by atoms with Crippen LogP contribution in [0.1, 0.15) is 47.1 Å². The summed E-state index contributed by atoms with van der Waals surface area (Å²) in [6.07, 6.45) is 2.38. The van der Waals surface area contributed by atoms with Gasteiger partial charge in [0.15, 0.2) is 21.3 Å². The van der Waals surface area contributed by atoms with E-state index in [9.17, 15) is 13.2 Å². The van der Waals surface area contributed by atoms with Crippen molar-refractivity contribution >= 4 is 15.6 Å². The first-order chi connectivity index (χ1) is 9.02. The summed E-state index contributed by atoms with van der Waals surface area (Å²) in [5, 5.41) is 13.3. The third-order valence-electron chi connectivity index (χ3n) is 3.77. The second-order valence-electron chi connectivity index (χ2n) is 5.06. The Kier molecular flexibility index (Phi) is 2.71. The highest BCUT2D eigenvalue weighted by Gasteiger charge is 2.35. The number of fused-ring (bicyclic) bond motifs is 1. The number of hydrogen-bond acceptors (Lipinski definition) is 5. The van der Waals surface area contributed by atoms with Gasteiger partial charge in [-0.2, -0.15) is 10.4 Å². The largest absolute Gasteiger partial charge is 0.294 e. The van der Waals surface area contributed by atoms with Crippen LogP contribution in [0.15, 0.2) is 0 Å². The topological polar surface area (TPSA) is 92.8 Å². The third kappa shape index (κ3) is 1.96. The SMILES string of the molecule is N#Cc1nn(C2CCS(=O)(=O)C2)c2c1C(=O)CCC2. The van der Waals surface area contributed by atoms with Crippen molar-refractivity contribution in [2.75, 3.05) is 11.5 Å². The van der Waals surface area contributed by atoms with E-state index >= 15 is 0 Å². The summed E-state index contributed by atoms with van der Waals surface area (Å²) in [7, 11) is -3.01. The molecule has 0 spiro atoms. The fraction of sp³-hybridized carbons (Fsp3) is 0.583. The summed E-state index contributed by atoms with van der Waals surface area (Å²) in [5.41, 5.74) is 1.30. The van der Waals surface area contributed by atoms with E-state index in [2.05, 4.69) is 5.10 Å². The van der Waals surface area contributed by atoms with Crippen LogP contribution in [0.2, 0.25) is 0 Å². The number of Topliss-reactive ketones (excluding diaryl/α,β-unsaturated/α-hetero) is 1. The lowest BCUT2D eigenvalue weighted by Crippen LogP contribution is -2.18. The van der Waals surface area contributed by atoms with Gasteiger partial charge in [-0.25, -0.2) is 8.42 Å². The fourth-order valence-corrected chi connectivity index (χ4v) is 4.58. The molecule has 0 radical (unpaired) electrons. The normalized spacial score (nSPS) is 25.0. The molecule has 0 N–H and O–H groups in total. The molecule has 0 bridgehead atoms. The molecular weight excluding hydrogens is 266 g/mol. The Morgan fingerprint density at radius 3 is 2.79 bits per heavy atom. The molecular formula is C12H13N3O3S. The molecule has 2 aliphatic rings. The lowest BCUT2D eigenvalue weighted by molar-refractivity contribution is 0.0971. The predicted octanol–water partition coefficient (Wildman–Crippen LogP) is 0.633. The molecule has 1 fully saturated rings. The van der Waals surface area contributed by atoms with Crippen LogP contribution in [-0.2, 0) is 16.3 Å². The summed E-state index contributed by atoms with van der Waals surface area (Å²) in [6, 6.07) is 1.72. The van der Waals surface area contributed by atoms with Crippen molar-refractivity contribution in [3.8, 4) is 6.07 Å². The molecule has 1 unspecified atom stereocenters. The zero-order valence-electron chi connectivity index (χ0n) is 10.3. The summed E-state index contributed by atoms with van der Waals surface area (Å²) >= 11 is 0. The van der Waals surface area contributed by atoms with Gasteiger partial charge in [0.1, 0.15) is 6.07 Å². The van der Waals surface area contributed by atoms with Crippen molar-refractivity contribution < 1.29 is 13.2 Å². The Morgan fingerprint density at radius 2 is 2.16 bits per heavy atom. The standard InChI is InChI=1S/C12H13N3O3S/c13-6-9-12-10(2-1-3-11(12)16)15(14-9)8-4-5-19(17,18)7-8/h8H,1-5,7H2. The maximum atomic E-state index is 11.9. The number of carbonyl (C=O) groups excluding carboxylic acids is 1. The van der Waals surface area contributed by atoms with E-state index in [1.807, 2.05) is 6.07 Å². The lowest BCUT2D eigenvalue weighted by atomic mass is 9.94. The van der Waals surface area contributed by atoms with Crippen LogP contribution in [0.4, 0.5) is 0 Å². The monoisotopic (exact) mass is 279 g/mol. The van der Waals surface area contributed by atoms with Gasteiger partial charge in [-0.3, -0.25) is 9.48 Å². The zero-order valence-corrected chi connectivity index (χ0v) is 11.1. The Hall–Kier alpha value is -1.68. The van der Waals surface area contributed by atoms with E-state index in [1.165, 1.54) is 0 Å². The summed E-state index contributed by atoms with van der Waals surface area (Å²) in [6.45, 7) is 0. The van der Waals surface area contributed by atoms with Gasteiger partial charge in [0.25, 0.3) is 0 Å². The van der Waals surface area contributed by atoms with Crippen LogP contribution < -0.4 is 0 Å². The first kappa shape index (κ1) is 12.4. The molecule has 19 heavy (non-hydrogen) atoms. The molecule has 7 heteroatoms. The highest BCUT2D eigenvalue weighted by Crippen LogP contribution is 2.30.